The molecular weight excluding hydrogens is 226 g/mol. The minimum absolute atomic E-state index is 0.454. The smallest absolute Gasteiger partial charge is 0.172 e. The molecule has 0 aliphatic rings. The maximum atomic E-state index is 11.0. The van der Waals surface area contributed by atoms with Crippen LogP contribution in [-0.4, -0.2) is 21.3 Å². The van der Waals surface area contributed by atoms with Crippen molar-refractivity contribution >= 4 is 6.29 Å². The molecule has 1 aromatic carbocycles. The Morgan fingerprint density at radius 1 is 1.28 bits per heavy atom. The SMILES string of the molecule is CCCCn1nnc(C=O)c1Cc1ccccc1. The molecule has 0 bridgehead atoms. The highest BCUT2D eigenvalue weighted by molar-refractivity contribution is 5.73. The summed E-state index contributed by atoms with van der Waals surface area (Å²) >= 11 is 0. The van der Waals surface area contributed by atoms with Crippen LogP contribution >= 0.6 is 0 Å². The molecular formula is C14H17N3O. The number of aromatic nitrogens is 3. The first kappa shape index (κ1) is 12.5. The van der Waals surface area contributed by atoms with Crippen molar-refractivity contribution in [2.45, 2.75) is 32.7 Å². The molecule has 1 aromatic heterocycles. The lowest BCUT2D eigenvalue weighted by molar-refractivity contribution is 0.111. The van der Waals surface area contributed by atoms with Gasteiger partial charge < -0.3 is 0 Å². The third-order valence-electron chi connectivity index (χ3n) is 2.92. The molecule has 0 amide bonds. The van der Waals surface area contributed by atoms with Crippen molar-refractivity contribution in [1.29, 1.82) is 0 Å². The largest absolute Gasteiger partial charge is 0.296 e. The van der Waals surface area contributed by atoms with Crippen molar-refractivity contribution in [2.24, 2.45) is 0 Å². The number of unbranched alkanes of at least 4 members (excludes halogenated alkanes) is 1. The first-order chi connectivity index (χ1) is 8.85. The molecule has 0 spiro atoms. The van der Waals surface area contributed by atoms with Crippen molar-refractivity contribution in [2.75, 3.05) is 0 Å². The Bertz CT molecular complexity index is 505. The average Bonchev–Trinajstić information content (AvgIpc) is 2.80. The number of hydrogen-bond acceptors (Lipinski definition) is 3. The van der Waals surface area contributed by atoms with E-state index in [1.807, 2.05) is 35.0 Å². The lowest BCUT2D eigenvalue weighted by Gasteiger charge is -2.06. The van der Waals surface area contributed by atoms with E-state index in [0.29, 0.717) is 12.1 Å². The van der Waals surface area contributed by atoms with Crippen molar-refractivity contribution in [3.63, 3.8) is 0 Å². The Kier molecular flexibility index (Phi) is 4.23. The third kappa shape index (κ3) is 2.83. The molecule has 0 aliphatic heterocycles. The van der Waals surface area contributed by atoms with E-state index in [1.54, 1.807) is 0 Å². The molecule has 0 N–H and O–H groups in total. The molecule has 18 heavy (non-hydrogen) atoms. The number of aldehydes is 1. The fraction of sp³-hybridized carbons (Fsp3) is 0.357. The molecule has 0 unspecified atom stereocenters. The van der Waals surface area contributed by atoms with Crippen LogP contribution in [0.1, 0.15) is 41.5 Å². The van der Waals surface area contributed by atoms with Crippen LogP contribution < -0.4 is 0 Å². The monoisotopic (exact) mass is 243 g/mol. The Morgan fingerprint density at radius 3 is 2.72 bits per heavy atom. The van der Waals surface area contributed by atoms with Crippen LogP contribution in [0.3, 0.4) is 0 Å². The highest BCUT2D eigenvalue weighted by Crippen LogP contribution is 2.12. The van der Waals surface area contributed by atoms with Gasteiger partial charge in [-0.1, -0.05) is 48.9 Å². The second kappa shape index (κ2) is 6.10. The van der Waals surface area contributed by atoms with Gasteiger partial charge >= 0.3 is 0 Å². The molecule has 0 aliphatic carbocycles. The second-order valence-corrected chi connectivity index (χ2v) is 4.28. The molecule has 0 atom stereocenters. The Labute approximate surface area is 107 Å². The van der Waals surface area contributed by atoms with Gasteiger partial charge in [-0.15, -0.1) is 5.10 Å². The van der Waals surface area contributed by atoms with Gasteiger partial charge in [-0.05, 0) is 12.0 Å². The summed E-state index contributed by atoms with van der Waals surface area (Å²) in [6.07, 6.45) is 3.63. The summed E-state index contributed by atoms with van der Waals surface area (Å²) in [5.41, 5.74) is 2.53. The van der Waals surface area contributed by atoms with E-state index in [0.717, 1.165) is 31.4 Å². The van der Waals surface area contributed by atoms with Gasteiger partial charge in [0.25, 0.3) is 0 Å². The molecule has 2 rings (SSSR count). The number of carbonyl (C=O) groups excluding carboxylic acids is 1. The van der Waals surface area contributed by atoms with Crippen LogP contribution in [0, 0.1) is 0 Å². The van der Waals surface area contributed by atoms with E-state index < -0.39 is 0 Å². The number of benzene rings is 1. The van der Waals surface area contributed by atoms with Gasteiger partial charge in [0.05, 0.1) is 5.69 Å². The van der Waals surface area contributed by atoms with Crippen LogP contribution in [0.2, 0.25) is 0 Å². The second-order valence-electron chi connectivity index (χ2n) is 4.28. The van der Waals surface area contributed by atoms with Gasteiger partial charge in [-0.25, -0.2) is 4.68 Å². The molecule has 0 saturated carbocycles. The maximum Gasteiger partial charge on any atom is 0.172 e. The molecule has 4 heteroatoms. The van der Waals surface area contributed by atoms with Crippen molar-refractivity contribution < 1.29 is 4.79 Å². The third-order valence-corrected chi connectivity index (χ3v) is 2.92. The van der Waals surface area contributed by atoms with E-state index >= 15 is 0 Å². The Hall–Kier alpha value is -1.97. The average molecular weight is 243 g/mol. The topological polar surface area (TPSA) is 47.8 Å². The van der Waals surface area contributed by atoms with Crippen LogP contribution in [0.4, 0.5) is 0 Å². The molecule has 2 aromatic rings. The molecule has 4 nitrogen and oxygen atoms in total. The van der Waals surface area contributed by atoms with Gasteiger partial charge in [0.2, 0.25) is 0 Å². The van der Waals surface area contributed by atoms with Crippen LogP contribution in [0.15, 0.2) is 30.3 Å². The number of hydrogen-bond donors (Lipinski definition) is 0. The van der Waals surface area contributed by atoms with E-state index in [2.05, 4.69) is 17.2 Å². The van der Waals surface area contributed by atoms with Crippen LogP contribution in [0.5, 0.6) is 0 Å². The van der Waals surface area contributed by atoms with Crippen molar-refractivity contribution in [1.82, 2.24) is 15.0 Å². The lowest BCUT2D eigenvalue weighted by atomic mass is 10.1. The van der Waals surface area contributed by atoms with Gasteiger partial charge in [0, 0.05) is 13.0 Å². The first-order valence-electron chi connectivity index (χ1n) is 6.26. The van der Waals surface area contributed by atoms with Crippen LogP contribution in [-0.2, 0) is 13.0 Å². The fourth-order valence-electron chi connectivity index (χ4n) is 1.90. The van der Waals surface area contributed by atoms with E-state index in [1.165, 1.54) is 5.56 Å². The zero-order chi connectivity index (χ0) is 12.8. The van der Waals surface area contributed by atoms with Crippen molar-refractivity contribution in [3.8, 4) is 0 Å². The maximum absolute atomic E-state index is 11.0. The van der Waals surface area contributed by atoms with Gasteiger partial charge in [0.15, 0.2) is 6.29 Å². The highest BCUT2D eigenvalue weighted by atomic mass is 16.1. The van der Waals surface area contributed by atoms with Gasteiger partial charge in [-0.3, -0.25) is 4.79 Å². The van der Waals surface area contributed by atoms with Crippen molar-refractivity contribution in [3.05, 3.63) is 47.3 Å². The molecule has 0 fully saturated rings. The van der Waals surface area contributed by atoms with E-state index in [4.69, 9.17) is 0 Å². The lowest BCUT2D eigenvalue weighted by Crippen LogP contribution is -2.07. The predicted octanol–water partition coefficient (Wildman–Crippen LogP) is 2.48. The van der Waals surface area contributed by atoms with Gasteiger partial charge in [-0.2, -0.15) is 0 Å². The minimum atomic E-state index is 0.454. The quantitative estimate of drug-likeness (QED) is 0.732. The number of carbonyl (C=O) groups is 1. The summed E-state index contributed by atoms with van der Waals surface area (Å²) < 4.78 is 1.85. The summed E-state index contributed by atoms with van der Waals surface area (Å²) in [6.45, 7) is 2.95. The predicted molar refractivity (Wildman–Crippen MR) is 69.6 cm³/mol. The summed E-state index contributed by atoms with van der Waals surface area (Å²) in [7, 11) is 0. The number of aryl methyl sites for hydroxylation is 1. The zero-order valence-electron chi connectivity index (χ0n) is 10.5. The molecule has 1 heterocycles. The summed E-state index contributed by atoms with van der Waals surface area (Å²) in [4.78, 5) is 11.0. The molecule has 0 saturated heterocycles. The summed E-state index contributed by atoms with van der Waals surface area (Å²) in [5.74, 6) is 0. The Balaban J connectivity index is 2.24. The summed E-state index contributed by atoms with van der Waals surface area (Å²) in [5, 5.41) is 7.98. The van der Waals surface area contributed by atoms with Crippen LogP contribution in [0.25, 0.3) is 0 Å². The molecule has 94 valence electrons. The zero-order valence-corrected chi connectivity index (χ0v) is 10.5. The number of rotatable bonds is 6. The van der Waals surface area contributed by atoms with E-state index in [-0.39, 0.29) is 0 Å². The minimum Gasteiger partial charge on any atom is -0.296 e. The normalized spacial score (nSPS) is 10.5. The van der Waals surface area contributed by atoms with E-state index in [9.17, 15) is 4.79 Å². The highest BCUT2D eigenvalue weighted by Gasteiger charge is 2.12. The molecule has 0 radical (unpaired) electrons. The first-order valence-corrected chi connectivity index (χ1v) is 6.26. The Morgan fingerprint density at radius 2 is 2.06 bits per heavy atom. The summed E-state index contributed by atoms with van der Waals surface area (Å²) in [6, 6.07) is 10.1. The number of nitrogens with zero attached hydrogens (tertiary/aromatic N) is 3. The standard InChI is InChI=1S/C14H17N3O/c1-2-3-9-17-14(13(11-18)15-16-17)10-12-7-5-4-6-8-12/h4-8,11H,2-3,9-10H2,1H3. The van der Waals surface area contributed by atoms with Gasteiger partial charge in [0.1, 0.15) is 5.69 Å². The fourth-order valence-corrected chi connectivity index (χ4v) is 1.90.